The van der Waals surface area contributed by atoms with Crippen molar-refractivity contribution in [3.63, 3.8) is 0 Å². The van der Waals surface area contributed by atoms with E-state index >= 15 is 0 Å². The minimum absolute atomic E-state index is 0.0863. The molecule has 0 aliphatic carbocycles. The summed E-state index contributed by atoms with van der Waals surface area (Å²) in [5, 5.41) is 2.14. The van der Waals surface area contributed by atoms with Gasteiger partial charge in [0.2, 0.25) is 0 Å². The van der Waals surface area contributed by atoms with Crippen LogP contribution in [0.1, 0.15) is 13.3 Å². The maximum atomic E-state index is 11.8. The van der Waals surface area contributed by atoms with Crippen LogP contribution in [0.4, 0.5) is 17.2 Å². The summed E-state index contributed by atoms with van der Waals surface area (Å²) in [5.74, 6) is 0.330. The number of anilines is 3. The first-order chi connectivity index (χ1) is 10.0. The molecule has 0 fully saturated rings. The number of rotatable bonds is 5. The van der Waals surface area contributed by atoms with Gasteiger partial charge in [0.15, 0.2) is 5.82 Å². The average Bonchev–Trinajstić information content (AvgIpc) is 2.49. The van der Waals surface area contributed by atoms with Gasteiger partial charge in [0.25, 0.3) is 15.1 Å². The Labute approximate surface area is 123 Å². The van der Waals surface area contributed by atoms with Crippen LogP contribution in [-0.2, 0) is 14.8 Å². The summed E-state index contributed by atoms with van der Waals surface area (Å²) in [6.45, 7) is 1.49. The van der Waals surface area contributed by atoms with E-state index in [1.807, 2.05) is 30.3 Å². The summed E-state index contributed by atoms with van der Waals surface area (Å²) < 4.78 is 25.9. The van der Waals surface area contributed by atoms with E-state index in [4.69, 9.17) is 0 Å². The average molecular weight is 305 g/mol. The van der Waals surface area contributed by atoms with Gasteiger partial charge in [-0.25, -0.2) is 4.98 Å². The number of nitrogens with zero attached hydrogens (tertiary/aromatic N) is 1. The second-order valence-corrected chi connectivity index (χ2v) is 5.89. The van der Waals surface area contributed by atoms with Crippen LogP contribution in [0.15, 0.2) is 48.7 Å². The first-order valence-electron chi connectivity index (χ1n) is 6.35. The Balaban J connectivity index is 2.28. The van der Waals surface area contributed by atoms with Crippen molar-refractivity contribution >= 4 is 32.3 Å². The third-order valence-corrected chi connectivity index (χ3v) is 4.05. The molecule has 1 heterocycles. The summed E-state index contributed by atoms with van der Waals surface area (Å²) in [6.07, 6.45) is 1.45. The second-order valence-electron chi connectivity index (χ2n) is 4.22. The molecule has 21 heavy (non-hydrogen) atoms. The number of carbonyl (C=O) groups excluding carboxylic acids is 1. The van der Waals surface area contributed by atoms with Gasteiger partial charge in [-0.3, -0.25) is 9.52 Å². The van der Waals surface area contributed by atoms with Crippen molar-refractivity contribution in [1.29, 1.82) is 0 Å². The summed E-state index contributed by atoms with van der Waals surface area (Å²) in [4.78, 5) is 15.5. The van der Waals surface area contributed by atoms with Gasteiger partial charge in [0.1, 0.15) is 0 Å². The van der Waals surface area contributed by atoms with Crippen LogP contribution >= 0.6 is 0 Å². The Hall–Kier alpha value is -2.41. The monoisotopic (exact) mass is 305 g/mol. The van der Waals surface area contributed by atoms with Crippen LogP contribution in [0, 0.1) is 0 Å². The highest BCUT2D eigenvalue weighted by Gasteiger charge is 2.21. The molecule has 0 atom stereocenters. The zero-order valence-electron chi connectivity index (χ0n) is 11.4. The number of pyridine rings is 1. The molecular weight excluding hydrogens is 290 g/mol. The lowest BCUT2D eigenvalue weighted by atomic mass is 10.3. The van der Waals surface area contributed by atoms with Crippen LogP contribution in [0.3, 0.4) is 0 Å². The number of nitrogens with one attached hydrogen (secondary N) is 2. The molecule has 1 aromatic carbocycles. The Kier molecular flexibility index (Phi) is 4.54. The molecule has 2 N–H and O–H groups in total. The van der Waals surface area contributed by atoms with Crippen molar-refractivity contribution in [2.75, 3.05) is 10.0 Å². The lowest BCUT2D eigenvalue weighted by Gasteiger charge is -2.12. The predicted molar refractivity (Wildman–Crippen MR) is 81.8 cm³/mol. The van der Waals surface area contributed by atoms with Crippen LogP contribution in [0.25, 0.3) is 0 Å². The largest absolute Gasteiger partial charge is 0.338 e. The number of carbonyl (C=O) groups is 1. The van der Waals surface area contributed by atoms with Crippen molar-refractivity contribution in [2.24, 2.45) is 0 Å². The van der Waals surface area contributed by atoms with Crippen molar-refractivity contribution in [3.05, 3.63) is 48.7 Å². The van der Waals surface area contributed by atoms with Crippen molar-refractivity contribution in [2.45, 2.75) is 13.3 Å². The van der Waals surface area contributed by atoms with Crippen LogP contribution < -0.4 is 10.0 Å². The molecule has 0 saturated carbocycles. The number of hydrogen-bond donors (Lipinski definition) is 2. The van der Waals surface area contributed by atoms with Gasteiger partial charge in [0, 0.05) is 18.3 Å². The molecule has 0 radical (unpaired) electrons. The van der Waals surface area contributed by atoms with Gasteiger partial charge in [0.05, 0.1) is 5.69 Å². The standard InChI is InChI=1S/C14H15N3O3S/c1-2-13(18)21(19,20)17-12-9-6-10-15-14(12)16-11-7-4-3-5-8-11/h3-10,17H,2H2,1H3,(H,15,16). The van der Waals surface area contributed by atoms with E-state index in [0.29, 0.717) is 5.82 Å². The van der Waals surface area contributed by atoms with Crippen molar-refractivity contribution in [1.82, 2.24) is 4.98 Å². The summed E-state index contributed by atoms with van der Waals surface area (Å²) in [5.41, 5.74) is 0.988. The quantitative estimate of drug-likeness (QED) is 0.886. The number of para-hydroxylation sites is 1. The van der Waals surface area contributed by atoms with Gasteiger partial charge in [-0.15, -0.1) is 0 Å². The first-order valence-corrected chi connectivity index (χ1v) is 7.84. The van der Waals surface area contributed by atoms with E-state index in [9.17, 15) is 13.2 Å². The SMILES string of the molecule is CCC(=O)S(=O)(=O)Nc1cccnc1Nc1ccccc1. The molecular formula is C14H15N3O3S. The maximum Gasteiger partial charge on any atom is 0.295 e. The Bertz CT molecular complexity index is 730. The first kappa shape index (κ1) is 15.0. The fourth-order valence-corrected chi connectivity index (χ4v) is 2.59. The lowest BCUT2D eigenvalue weighted by molar-refractivity contribution is -0.111. The highest BCUT2D eigenvalue weighted by atomic mass is 32.2. The van der Waals surface area contributed by atoms with Crippen molar-refractivity contribution < 1.29 is 13.2 Å². The van der Waals surface area contributed by atoms with E-state index in [1.165, 1.54) is 13.1 Å². The zero-order chi connectivity index (χ0) is 15.3. The Morgan fingerprint density at radius 3 is 2.52 bits per heavy atom. The molecule has 0 aliphatic rings. The lowest BCUT2D eigenvalue weighted by Crippen LogP contribution is -2.22. The van der Waals surface area contributed by atoms with E-state index < -0.39 is 15.1 Å². The van der Waals surface area contributed by atoms with Crippen molar-refractivity contribution in [3.8, 4) is 0 Å². The molecule has 2 rings (SSSR count). The van der Waals surface area contributed by atoms with Gasteiger partial charge < -0.3 is 5.32 Å². The van der Waals surface area contributed by atoms with Crippen LogP contribution in [-0.4, -0.2) is 18.5 Å². The molecule has 0 amide bonds. The van der Waals surface area contributed by atoms with E-state index in [2.05, 4.69) is 15.0 Å². The Morgan fingerprint density at radius 1 is 1.14 bits per heavy atom. The minimum atomic E-state index is -4.05. The predicted octanol–water partition coefficient (Wildman–Crippen LogP) is 2.50. The molecule has 0 spiro atoms. The fourth-order valence-electron chi connectivity index (χ4n) is 1.64. The van der Waals surface area contributed by atoms with Gasteiger partial charge in [-0.1, -0.05) is 25.1 Å². The molecule has 2 aromatic rings. The normalized spacial score (nSPS) is 10.9. The van der Waals surface area contributed by atoms with Crippen LogP contribution in [0.2, 0.25) is 0 Å². The van der Waals surface area contributed by atoms with Crippen LogP contribution in [0.5, 0.6) is 0 Å². The summed E-state index contributed by atoms with van der Waals surface area (Å²) in [7, 11) is -4.05. The molecule has 7 heteroatoms. The molecule has 0 unspecified atom stereocenters. The molecule has 110 valence electrons. The van der Waals surface area contributed by atoms with E-state index in [1.54, 1.807) is 12.1 Å². The second kappa shape index (κ2) is 6.36. The number of sulfonamides is 1. The maximum absolute atomic E-state index is 11.8. The topological polar surface area (TPSA) is 88.2 Å². The molecule has 0 saturated heterocycles. The zero-order valence-corrected chi connectivity index (χ0v) is 12.2. The fraction of sp³-hybridized carbons (Fsp3) is 0.143. The molecule has 0 bridgehead atoms. The minimum Gasteiger partial charge on any atom is -0.338 e. The molecule has 1 aromatic heterocycles. The molecule has 0 aliphatic heterocycles. The number of benzene rings is 1. The van der Waals surface area contributed by atoms with Gasteiger partial charge >= 0.3 is 0 Å². The van der Waals surface area contributed by atoms with Gasteiger partial charge in [-0.2, -0.15) is 8.42 Å². The highest BCUT2D eigenvalue weighted by molar-refractivity contribution is 8.07. The number of hydrogen-bond acceptors (Lipinski definition) is 5. The third kappa shape index (κ3) is 3.79. The number of aromatic nitrogens is 1. The third-order valence-electron chi connectivity index (χ3n) is 2.68. The smallest absolute Gasteiger partial charge is 0.295 e. The summed E-state index contributed by atoms with van der Waals surface area (Å²) >= 11 is 0. The van der Waals surface area contributed by atoms with Gasteiger partial charge in [-0.05, 0) is 24.3 Å². The van der Waals surface area contributed by atoms with E-state index in [0.717, 1.165) is 5.69 Å². The highest BCUT2D eigenvalue weighted by Crippen LogP contribution is 2.23. The van der Waals surface area contributed by atoms with E-state index in [-0.39, 0.29) is 12.1 Å². The summed E-state index contributed by atoms with van der Waals surface area (Å²) in [6, 6.07) is 12.3. The Morgan fingerprint density at radius 2 is 1.86 bits per heavy atom. The molecule has 6 nitrogen and oxygen atoms in total.